The molecule has 5 aromatic rings. The van der Waals surface area contributed by atoms with Crippen LogP contribution in [0, 0.1) is 0 Å². The molecule has 0 fully saturated rings. The van der Waals surface area contributed by atoms with Gasteiger partial charge in [0.05, 0.1) is 18.3 Å². The van der Waals surface area contributed by atoms with Crippen molar-refractivity contribution >= 4 is 17.0 Å². The Hall–Kier alpha value is -4.46. The number of amides is 1. The third-order valence-electron chi connectivity index (χ3n) is 6.21. The zero-order chi connectivity index (χ0) is 26.5. The van der Waals surface area contributed by atoms with Crippen molar-refractivity contribution in [3.63, 3.8) is 0 Å². The van der Waals surface area contributed by atoms with Gasteiger partial charge in [0, 0.05) is 36.1 Å². The molecular formula is C30H32N6O2. The number of carbonyl (C=O) groups excluding carboxylic acids is 1. The minimum absolute atomic E-state index is 0.478. The molecule has 8 heteroatoms. The second-order valence-corrected chi connectivity index (χ2v) is 10.3. The Labute approximate surface area is 222 Å². The largest absolute Gasteiger partial charge is 0.444 e. The molecule has 0 aliphatic carbocycles. The number of hydrogen-bond donors (Lipinski definition) is 2. The minimum atomic E-state index is -0.629. The number of para-hydroxylation sites is 1. The molecule has 8 nitrogen and oxygen atoms in total. The molecular weight excluding hydrogens is 476 g/mol. The fourth-order valence-corrected chi connectivity index (χ4v) is 4.52. The average molecular weight is 509 g/mol. The number of benzene rings is 2. The van der Waals surface area contributed by atoms with Gasteiger partial charge in [0.2, 0.25) is 0 Å². The summed E-state index contributed by atoms with van der Waals surface area (Å²) in [6.07, 6.45) is 4.37. The molecule has 3 heterocycles. The Morgan fingerprint density at radius 1 is 1.00 bits per heavy atom. The van der Waals surface area contributed by atoms with E-state index in [0.717, 1.165) is 33.5 Å². The molecule has 194 valence electrons. The molecule has 2 aromatic carbocycles. The van der Waals surface area contributed by atoms with E-state index in [9.17, 15) is 4.79 Å². The van der Waals surface area contributed by atoms with Gasteiger partial charge >= 0.3 is 6.09 Å². The van der Waals surface area contributed by atoms with E-state index in [-0.39, 0.29) is 0 Å². The number of rotatable bonds is 8. The summed E-state index contributed by atoms with van der Waals surface area (Å²) in [7, 11) is 0. The van der Waals surface area contributed by atoms with Crippen molar-refractivity contribution in [2.45, 2.75) is 51.8 Å². The van der Waals surface area contributed by atoms with Gasteiger partial charge in [0.25, 0.3) is 0 Å². The highest BCUT2D eigenvalue weighted by Gasteiger charge is 2.27. The van der Waals surface area contributed by atoms with E-state index in [1.54, 1.807) is 6.20 Å². The first-order chi connectivity index (χ1) is 18.4. The van der Waals surface area contributed by atoms with E-state index in [2.05, 4.69) is 48.2 Å². The molecule has 2 N–H and O–H groups in total. The molecule has 0 aliphatic rings. The van der Waals surface area contributed by atoms with E-state index in [1.807, 2.05) is 81.6 Å². The quantitative estimate of drug-likeness (QED) is 0.284. The summed E-state index contributed by atoms with van der Waals surface area (Å²) >= 11 is 0. The molecule has 0 saturated heterocycles. The Kier molecular flexibility index (Phi) is 7.22. The van der Waals surface area contributed by atoms with Crippen molar-refractivity contribution < 1.29 is 9.53 Å². The van der Waals surface area contributed by atoms with Crippen molar-refractivity contribution in [2.75, 3.05) is 0 Å². The third-order valence-corrected chi connectivity index (χ3v) is 6.21. The topological polar surface area (TPSA) is 97.7 Å². The Balaban J connectivity index is 1.55. The van der Waals surface area contributed by atoms with E-state index in [4.69, 9.17) is 4.74 Å². The maximum absolute atomic E-state index is 13.0. The number of nitrogens with zero attached hydrogens (tertiary/aromatic N) is 4. The van der Waals surface area contributed by atoms with E-state index in [1.165, 1.54) is 0 Å². The van der Waals surface area contributed by atoms with Gasteiger partial charge in [0.15, 0.2) is 5.82 Å². The fraction of sp³-hybridized carbons (Fsp3) is 0.267. The van der Waals surface area contributed by atoms with Gasteiger partial charge in [-0.05, 0) is 50.1 Å². The zero-order valence-corrected chi connectivity index (χ0v) is 21.9. The number of aromatic nitrogens is 5. The molecule has 0 bridgehead atoms. The first-order valence-electron chi connectivity index (χ1n) is 12.8. The number of hydrogen-bond acceptors (Lipinski definition) is 5. The third kappa shape index (κ3) is 6.08. The highest BCUT2D eigenvalue weighted by Crippen LogP contribution is 2.26. The number of nitrogens with one attached hydrogen (secondary N) is 2. The molecule has 3 aromatic heterocycles. The van der Waals surface area contributed by atoms with Crippen LogP contribution in [-0.4, -0.2) is 36.4 Å². The first-order valence-corrected chi connectivity index (χ1v) is 12.8. The van der Waals surface area contributed by atoms with Crippen LogP contribution in [0.5, 0.6) is 0 Å². The van der Waals surface area contributed by atoms with E-state index < -0.39 is 17.7 Å². The maximum Gasteiger partial charge on any atom is 0.408 e. The molecule has 0 saturated carbocycles. The highest BCUT2D eigenvalue weighted by molar-refractivity contribution is 5.83. The summed E-state index contributed by atoms with van der Waals surface area (Å²) in [5.74, 6) is 1.45. The predicted molar refractivity (Wildman–Crippen MR) is 147 cm³/mol. The Bertz CT molecular complexity index is 1500. The average Bonchev–Trinajstić information content (AvgIpc) is 3.48. The zero-order valence-electron chi connectivity index (χ0n) is 21.9. The molecule has 38 heavy (non-hydrogen) atoms. The van der Waals surface area contributed by atoms with Crippen LogP contribution in [0.2, 0.25) is 0 Å². The van der Waals surface area contributed by atoms with Gasteiger partial charge in [-0.25, -0.2) is 4.79 Å². The van der Waals surface area contributed by atoms with Gasteiger partial charge in [-0.15, -0.1) is 10.2 Å². The molecule has 5 rings (SSSR count). The van der Waals surface area contributed by atoms with E-state index in [0.29, 0.717) is 25.2 Å². The van der Waals surface area contributed by atoms with Crippen LogP contribution in [0.25, 0.3) is 10.9 Å². The molecule has 0 spiro atoms. The Morgan fingerprint density at radius 3 is 2.53 bits per heavy atom. The van der Waals surface area contributed by atoms with Gasteiger partial charge in [-0.2, -0.15) is 0 Å². The lowest BCUT2D eigenvalue weighted by Gasteiger charge is -2.24. The molecule has 0 aliphatic heterocycles. The van der Waals surface area contributed by atoms with Crippen molar-refractivity contribution in [3.8, 4) is 0 Å². The van der Waals surface area contributed by atoms with Crippen LogP contribution in [-0.2, 0) is 24.1 Å². The van der Waals surface area contributed by atoms with Crippen LogP contribution in [0.3, 0.4) is 0 Å². The van der Waals surface area contributed by atoms with Gasteiger partial charge < -0.3 is 19.6 Å². The van der Waals surface area contributed by atoms with Gasteiger partial charge in [-0.3, -0.25) is 4.98 Å². The minimum Gasteiger partial charge on any atom is -0.444 e. The van der Waals surface area contributed by atoms with Crippen molar-refractivity contribution in [1.29, 1.82) is 0 Å². The van der Waals surface area contributed by atoms with Crippen molar-refractivity contribution in [2.24, 2.45) is 0 Å². The van der Waals surface area contributed by atoms with Crippen molar-refractivity contribution in [1.82, 2.24) is 30.0 Å². The number of H-pyrrole nitrogens is 1. The van der Waals surface area contributed by atoms with Crippen LogP contribution in [0.15, 0.2) is 85.2 Å². The molecule has 1 amide bonds. The normalized spacial score (nSPS) is 12.4. The number of ether oxygens (including phenoxy) is 1. The maximum atomic E-state index is 13.0. The number of fused-ring (bicyclic) bond motifs is 1. The second kappa shape index (κ2) is 10.9. The predicted octanol–water partition coefficient (Wildman–Crippen LogP) is 5.60. The second-order valence-electron chi connectivity index (χ2n) is 10.3. The first kappa shape index (κ1) is 25.2. The summed E-state index contributed by atoms with van der Waals surface area (Å²) < 4.78 is 7.69. The highest BCUT2D eigenvalue weighted by atomic mass is 16.6. The van der Waals surface area contributed by atoms with Crippen LogP contribution >= 0.6 is 0 Å². The van der Waals surface area contributed by atoms with Crippen LogP contribution in [0.1, 0.15) is 55.3 Å². The van der Waals surface area contributed by atoms with Crippen LogP contribution < -0.4 is 5.32 Å². The van der Waals surface area contributed by atoms with Crippen LogP contribution in [0.4, 0.5) is 4.79 Å². The number of pyridine rings is 1. The molecule has 0 unspecified atom stereocenters. The SMILES string of the molecule is CC(C)(C)OC(=O)N[C@H](Cc1c[nH]c2ccccc12)c1nnc(Cc2ccccc2)n1Cc1ccccn1. The van der Waals surface area contributed by atoms with Gasteiger partial charge in [0.1, 0.15) is 11.4 Å². The number of alkyl carbamates (subject to hydrolysis) is 1. The van der Waals surface area contributed by atoms with Crippen molar-refractivity contribution in [3.05, 3.63) is 114 Å². The number of aromatic amines is 1. The summed E-state index contributed by atoms with van der Waals surface area (Å²) in [5, 5.41) is 13.4. The monoisotopic (exact) mass is 508 g/mol. The smallest absolute Gasteiger partial charge is 0.408 e. The summed E-state index contributed by atoms with van der Waals surface area (Å²) in [6.45, 7) is 6.03. The lowest BCUT2D eigenvalue weighted by Crippen LogP contribution is -2.37. The summed E-state index contributed by atoms with van der Waals surface area (Å²) in [4.78, 5) is 20.9. The number of carbonyl (C=O) groups is 1. The lowest BCUT2D eigenvalue weighted by atomic mass is 10.0. The van der Waals surface area contributed by atoms with Gasteiger partial charge in [-0.1, -0.05) is 54.6 Å². The Morgan fingerprint density at radius 2 is 1.76 bits per heavy atom. The van der Waals surface area contributed by atoms with E-state index >= 15 is 0 Å². The lowest BCUT2D eigenvalue weighted by molar-refractivity contribution is 0.0500. The standard InChI is InChI=1S/C30H32N6O2/c1-30(2,3)38-29(37)33-26(18-22-19-32-25-15-8-7-14-24(22)25)28-35-34-27(17-21-11-5-4-6-12-21)36(28)20-23-13-9-10-16-31-23/h4-16,19,26,32H,17-18,20H2,1-3H3,(H,33,37)/t26-/m1/s1. The molecule has 0 radical (unpaired) electrons. The summed E-state index contributed by atoms with van der Waals surface area (Å²) in [6, 6.07) is 23.6. The molecule has 1 atom stereocenters. The summed E-state index contributed by atoms with van der Waals surface area (Å²) in [5.41, 5.74) is 3.49. The fourth-order valence-electron chi connectivity index (χ4n) is 4.52.